The van der Waals surface area contributed by atoms with Crippen molar-refractivity contribution in [3.05, 3.63) is 64.7 Å². The Morgan fingerprint density at radius 2 is 2.00 bits per heavy atom. The highest BCUT2D eigenvalue weighted by Crippen LogP contribution is 2.18. The summed E-state index contributed by atoms with van der Waals surface area (Å²) in [6.45, 7) is 1.90. The third-order valence-electron chi connectivity index (χ3n) is 4.36. The van der Waals surface area contributed by atoms with Crippen molar-refractivity contribution in [2.75, 3.05) is 13.1 Å². The molecule has 0 radical (unpaired) electrons. The number of carbonyl (C=O) groups excluding carboxylic acids is 1. The van der Waals surface area contributed by atoms with E-state index in [0.29, 0.717) is 24.6 Å². The van der Waals surface area contributed by atoms with Crippen LogP contribution < -0.4 is 10.5 Å². The second-order valence-electron chi connectivity index (χ2n) is 6.48. The van der Waals surface area contributed by atoms with Crippen LogP contribution in [0.15, 0.2) is 48.5 Å². The third-order valence-corrected chi connectivity index (χ3v) is 4.59. The van der Waals surface area contributed by atoms with Crippen LogP contribution in [0.2, 0.25) is 5.02 Å². The Balaban J connectivity index is 1.58. The molecule has 1 atom stereocenters. The van der Waals surface area contributed by atoms with E-state index in [1.165, 1.54) is 0 Å². The molecule has 0 saturated carbocycles. The lowest BCUT2D eigenvalue weighted by molar-refractivity contribution is -0.131. The van der Waals surface area contributed by atoms with Crippen LogP contribution in [-0.2, 0) is 17.8 Å². The Morgan fingerprint density at radius 1 is 1.20 bits per heavy atom. The Bertz CT molecular complexity index is 735. The van der Waals surface area contributed by atoms with Gasteiger partial charge in [-0.2, -0.15) is 0 Å². The zero-order chi connectivity index (χ0) is 17.6. The fraction of sp³-hybridized carbons (Fsp3) is 0.350. The first-order chi connectivity index (χ1) is 12.1. The zero-order valence-electron chi connectivity index (χ0n) is 14.2. The quantitative estimate of drug-likeness (QED) is 0.891. The maximum absolute atomic E-state index is 12.5. The van der Waals surface area contributed by atoms with Crippen molar-refractivity contribution in [1.82, 2.24) is 4.90 Å². The van der Waals surface area contributed by atoms with Crippen molar-refractivity contribution in [1.29, 1.82) is 0 Å². The van der Waals surface area contributed by atoms with Gasteiger partial charge in [-0.15, -0.1) is 0 Å². The van der Waals surface area contributed by atoms with Crippen LogP contribution in [0, 0.1) is 0 Å². The van der Waals surface area contributed by atoms with Gasteiger partial charge >= 0.3 is 0 Å². The molecule has 1 aliphatic rings. The van der Waals surface area contributed by atoms with E-state index in [4.69, 9.17) is 22.1 Å². The Labute approximate surface area is 153 Å². The SMILES string of the molecule is NC1CCCN(C(=O)Cc2cccc(OCc3cccc(Cl)c3)c2)C1. The van der Waals surface area contributed by atoms with Gasteiger partial charge < -0.3 is 15.4 Å². The number of piperidine rings is 1. The Hall–Kier alpha value is -2.04. The van der Waals surface area contributed by atoms with Gasteiger partial charge in [0.05, 0.1) is 6.42 Å². The average Bonchev–Trinajstić information content (AvgIpc) is 2.60. The van der Waals surface area contributed by atoms with Crippen molar-refractivity contribution in [3.8, 4) is 5.75 Å². The van der Waals surface area contributed by atoms with Crippen molar-refractivity contribution >= 4 is 17.5 Å². The van der Waals surface area contributed by atoms with Gasteiger partial charge in [0.25, 0.3) is 0 Å². The van der Waals surface area contributed by atoms with Crippen LogP contribution in [0.4, 0.5) is 0 Å². The minimum Gasteiger partial charge on any atom is -0.489 e. The summed E-state index contributed by atoms with van der Waals surface area (Å²) in [7, 11) is 0. The number of hydrogen-bond acceptors (Lipinski definition) is 3. The highest BCUT2D eigenvalue weighted by molar-refractivity contribution is 6.30. The smallest absolute Gasteiger partial charge is 0.227 e. The highest BCUT2D eigenvalue weighted by atomic mass is 35.5. The van der Waals surface area contributed by atoms with E-state index in [2.05, 4.69) is 0 Å². The summed E-state index contributed by atoms with van der Waals surface area (Å²) in [6, 6.07) is 15.4. The number of likely N-dealkylation sites (tertiary alicyclic amines) is 1. The van der Waals surface area contributed by atoms with E-state index in [1.54, 1.807) is 0 Å². The topological polar surface area (TPSA) is 55.6 Å². The normalized spacial score (nSPS) is 17.4. The van der Waals surface area contributed by atoms with Crippen LogP contribution in [0.1, 0.15) is 24.0 Å². The lowest BCUT2D eigenvalue weighted by atomic mass is 10.0. The molecule has 1 amide bonds. The van der Waals surface area contributed by atoms with Crippen LogP contribution in [0.25, 0.3) is 0 Å². The van der Waals surface area contributed by atoms with Crippen LogP contribution in [-0.4, -0.2) is 29.9 Å². The van der Waals surface area contributed by atoms with Crippen molar-refractivity contribution in [2.24, 2.45) is 5.73 Å². The van der Waals surface area contributed by atoms with Gasteiger partial charge in [-0.1, -0.05) is 35.9 Å². The molecule has 2 aromatic rings. The van der Waals surface area contributed by atoms with Gasteiger partial charge in [0.2, 0.25) is 5.91 Å². The van der Waals surface area contributed by atoms with Crippen LogP contribution >= 0.6 is 11.6 Å². The molecule has 0 aromatic heterocycles. The molecular weight excluding hydrogens is 336 g/mol. The lowest BCUT2D eigenvalue weighted by Crippen LogP contribution is -2.46. The van der Waals surface area contributed by atoms with E-state index in [9.17, 15) is 4.79 Å². The number of ether oxygens (including phenoxy) is 1. The zero-order valence-corrected chi connectivity index (χ0v) is 14.9. The molecule has 2 aromatic carbocycles. The lowest BCUT2D eigenvalue weighted by Gasteiger charge is -2.30. The Kier molecular flexibility index (Phi) is 5.95. The molecule has 5 heteroatoms. The first-order valence-electron chi connectivity index (χ1n) is 8.60. The molecule has 0 bridgehead atoms. The summed E-state index contributed by atoms with van der Waals surface area (Å²) in [4.78, 5) is 14.3. The fourth-order valence-electron chi connectivity index (χ4n) is 3.06. The van der Waals surface area contributed by atoms with Gasteiger partial charge in [0, 0.05) is 24.2 Å². The molecule has 25 heavy (non-hydrogen) atoms. The predicted molar refractivity (Wildman–Crippen MR) is 99.7 cm³/mol. The van der Waals surface area contributed by atoms with Gasteiger partial charge in [0.15, 0.2) is 0 Å². The van der Waals surface area contributed by atoms with Crippen molar-refractivity contribution < 1.29 is 9.53 Å². The van der Waals surface area contributed by atoms with Crippen LogP contribution in [0.3, 0.4) is 0 Å². The number of amides is 1. The number of rotatable bonds is 5. The monoisotopic (exact) mass is 358 g/mol. The molecule has 0 spiro atoms. The number of carbonyl (C=O) groups is 1. The maximum atomic E-state index is 12.5. The second-order valence-corrected chi connectivity index (χ2v) is 6.92. The predicted octanol–water partition coefficient (Wildman–Crippen LogP) is 3.41. The number of nitrogens with zero attached hydrogens (tertiary/aromatic N) is 1. The number of hydrogen-bond donors (Lipinski definition) is 1. The molecule has 132 valence electrons. The van der Waals surface area contributed by atoms with E-state index in [0.717, 1.165) is 36.3 Å². The minimum absolute atomic E-state index is 0.102. The van der Waals surface area contributed by atoms with Gasteiger partial charge in [-0.25, -0.2) is 0 Å². The molecule has 1 heterocycles. The summed E-state index contributed by atoms with van der Waals surface area (Å²) in [5.74, 6) is 0.878. The third kappa shape index (κ3) is 5.21. The molecule has 1 saturated heterocycles. The highest BCUT2D eigenvalue weighted by Gasteiger charge is 2.21. The summed E-state index contributed by atoms with van der Waals surface area (Å²) in [5, 5.41) is 0.695. The van der Waals surface area contributed by atoms with Gasteiger partial charge in [-0.05, 0) is 48.2 Å². The first kappa shape index (κ1) is 17.8. The summed E-state index contributed by atoms with van der Waals surface area (Å²) >= 11 is 5.99. The van der Waals surface area contributed by atoms with Gasteiger partial charge in [0.1, 0.15) is 12.4 Å². The van der Waals surface area contributed by atoms with Crippen molar-refractivity contribution in [2.45, 2.75) is 31.9 Å². The molecule has 3 rings (SSSR count). The molecule has 1 unspecified atom stereocenters. The van der Waals surface area contributed by atoms with E-state index >= 15 is 0 Å². The Morgan fingerprint density at radius 3 is 2.80 bits per heavy atom. The van der Waals surface area contributed by atoms with Gasteiger partial charge in [-0.3, -0.25) is 4.79 Å². The number of nitrogens with two attached hydrogens (primary N) is 1. The number of halogens is 1. The largest absolute Gasteiger partial charge is 0.489 e. The number of benzene rings is 2. The summed E-state index contributed by atoms with van der Waals surface area (Å²) < 4.78 is 5.83. The standard InChI is InChI=1S/C20H23ClN2O2/c21-17-6-1-5-16(10-17)14-25-19-8-2-4-15(11-19)12-20(24)23-9-3-7-18(22)13-23/h1-2,4-6,8,10-11,18H,3,7,9,12-14,22H2. The summed E-state index contributed by atoms with van der Waals surface area (Å²) in [5.41, 5.74) is 7.92. The minimum atomic E-state index is 0.102. The molecule has 4 nitrogen and oxygen atoms in total. The molecule has 1 fully saturated rings. The fourth-order valence-corrected chi connectivity index (χ4v) is 3.27. The summed E-state index contributed by atoms with van der Waals surface area (Å²) in [6.07, 6.45) is 2.35. The van der Waals surface area contributed by atoms with Crippen molar-refractivity contribution in [3.63, 3.8) is 0 Å². The van der Waals surface area contributed by atoms with Crippen LogP contribution in [0.5, 0.6) is 5.75 Å². The van der Waals surface area contributed by atoms with E-state index < -0.39 is 0 Å². The van der Waals surface area contributed by atoms with E-state index in [-0.39, 0.29) is 11.9 Å². The average molecular weight is 359 g/mol. The molecule has 0 aliphatic carbocycles. The molecule has 1 aliphatic heterocycles. The van der Waals surface area contributed by atoms with E-state index in [1.807, 2.05) is 53.4 Å². The molecular formula is C20H23ClN2O2. The first-order valence-corrected chi connectivity index (χ1v) is 8.97. The maximum Gasteiger partial charge on any atom is 0.227 e. The molecule has 2 N–H and O–H groups in total. The second kappa shape index (κ2) is 8.37.